The number of imidazole rings is 1. The molecule has 28 heteroatoms. The van der Waals surface area contributed by atoms with Crippen LogP contribution in [0.3, 0.4) is 0 Å². The van der Waals surface area contributed by atoms with E-state index in [0.29, 0.717) is 80.3 Å². The summed E-state index contributed by atoms with van der Waals surface area (Å²) < 4.78 is 83.0. The van der Waals surface area contributed by atoms with Crippen LogP contribution in [0.1, 0.15) is 88.1 Å². The molecule has 0 fully saturated rings. The van der Waals surface area contributed by atoms with E-state index in [-0.39, 0.29) is 83.2 Å². The normalized spacial score (nSPS) is 11.6. The number of carbonyl (C=O) groups excluding carboxylic acids is 4. The highest BCUT2D eigenvalue weighted by molar-refractivity contribution is 7.90. The van der Waals surface area contributed by atoms with Gasteiger partial charge in [-0.25, -0.2) is 14.8 Å². The highest BCUT2D eigenvalue weighted by Crippen LogP contribution is 2.24. The number of aryl methyl sites for hydroxylation is 4. The zero-order chi connectivity index (χ0) is 59.1. The second kappa shape index (κ2) is 30.6. The Morgan fingerprint density at radius 1 is 0.840 bits per heavy atom. The quantitative estimate of drug-likeness (QED) is 0.0136. The second-order valence-electron chi connectivity index (χ2n) is 17.9. The number of benzene rings is 3. The van der Waals surface area contributed by atoms with Crippen molar-refractivity contribution < 1.29 is 59.9 Å². The first-order valence-electron chi connectivity index (χ1n) is 25.1. The Kier molecular flexibility index (Phi) is 23.8. The molecule has 81 heavy (non-hydrogen) atoms. The summed E-state index contributed by atoms with van der Waals surface area (Å²) in [6.45, 7) is 6.14. The van der Waals surface area contributed by atoms with Gasteiger partial charge in [-0.1, -0.05) is 49.4 Å². The van der Waals surface area contributed by atoms with Crippen LogP contribution in [0.5, 0.6) is 0 Å². The number of H-pyrrole nitrogens is 1. The topological polar surface area (TPSA) is 364 Å². The average Bonchev–Trinajstić information content (AvgIpc) is 4.10. The van der Waals surface area contributed by atoms with E-state index in [0.717, 1.165) is 11.1 Å². The van der Waals surface area contributed by atoms with Gasteiger partial charge in [-0.05, 0) is 87.1 Å². The molecule has 0 unspecified atom stereocenters. The van der Waals surface area contributed by atoms with E-state index < -0.39 is 49.7 Å². The summed E-state index contributed by atoms with van der Waals surface area (Å²) in [6, 6.07) is 17.1. The van der Waals surface area contributed by atoms with Crippen molar-refractivity contribution in [3.05, 3.63) is 141 Å². The van der Waals surface area contributed by atoms with Gasteiger partial charge < -0.3 is 46.0 Å². The van der Waals surface area contributed by atoms with Gasteiger partial charge in [0.05, 0.1) is 28.7 Å². The molecule has 3 aromatic heterocycles. The number of aliphatic carboxylic acids is 1. The molecule has 25 nitrogen and oxygen atoms in total. The summed E-state index contributed by atoms with van der Waals surface area (Å²) in [4.78, 5) is 88.2. The molecule has 0 radical (unpaired) electrons. The van der Waals surface area contributed by atoms with Gasteiger partial charge in [-0.15, -0.1) is 0 Å². The van der Waals surface area contributed by atoms with Crippen molar-refractivity contribution in [1.82, 2.24) is 40.8 Å². The van der Waals surface area contributed by atoms with Gasteiger partial charge in [0.15, 0.2) is 11.7 Å². The number of aromatic amines is 1. The maximum atomic E-state index is 13.8. The lowest BCUT2D eigenvalue weighted by Crippen LogP contribution is -2.36. The first-order chi connectivity index (χ1) is 38.7. The van der Waals surface area contributed by atoms with Gasteiger partial charge in [-0.3, -0.25) is 38.7 Å². The number of aromatic nitrogens is 4. The first kappa shape index (κ1) is 63.1. The van der Waals surface area contributed by atoms with Crippen molar-refractivity contribution in [2.45, 2.75) is 83.2 Å². The summed E-state index contributed by atoms with van der Waals surface area (Å²) in [5.41, 5.74) is 4.00. The molecule has 6 aromatic rings. The Hall–Kier alpha value is -8.73. The minimum absolute atomic E-state index is 0. The van der Waals surface area contributed by atoms with Crippen LogP contribution in [0.4, 0.5) is 16.5 Å². The number of carboxylic acids is 1. The lowest BCUT2D eigenvalue weighted by atomic mass is 10.1. The Labute approximate surface area is 468 Å². The van der Waals surface area contributed by atoms with Crippen molar-refractivity contribution in [1.29, 1.82) is 1.45 Å². The van der Waals surface area contributed by atoms with E-state index in [4.69, 9.17) is 9.45 Å². The SMILES string of the molecule is C.Cc1cc(C)c(S(=O)(=O)N=C(CNC(=O)c2cn(CCCNC(=O)CCC(=O)NCCCOCCCNC(=O)c3ccc(N/N=C/c4ccccc4S(=O)(=O)O)nc3)c3cc(CNc4ncc[nH]4)ccc3c2=O)C(=O)O)c(C)c1.[3H]F. The van der Waals surface area contributed by atoms with Crippen LogP contribution < -0.4 is 37.4 Å². The van der Waals surface area contributed by atoms with Crippen LogP contribution in [0, 0.1) is 20.8 Å². The Bertz CT molecular complexity index is 3520. The second-order valence-corrected chi connectivity index (χ2v) is 20.8. The number of rotatable bonds is 29. The lowest BCUT2D eigenvalue weighted by Gasteiger charge is -2.15. The first-order valence-corrected chi connectivity index (χ1v) is 27.6. The summed E-state index contributed by atoms with van der Waals surface area (Å²) in [5.74, 6) is -2.90. The Balaban J connectivity index is 0.00000476. The highest BCUT2D eigenvalue weighted by Gasteiger charge is 2.24. The lowest BCUT2D eigenvalue weighted by molar-refractivity contribution is -0.129. The van der Waals surface area contributed by atoms with Gasteiger partial charge in [0, 0.05) is 94.5 Å². The monoisotopic (exact) mass is 1160 g/mol. The number of pyridine rings is 2. The predicted molar refractivity (Wildman–Crippen MR) is 303 cm³/mol. The predicted octanol–water partition coefficient (Wildman–Crippen LogP) is 4.41. The number of fused-ring (bicyclic) bond motifs is 1. The minimum atomic E-state index is -4.51. The van der Waals surface area contributed by atoms with E-state index in [1.54, 1.807) is 74.1 Å². The van der Waals surface area contributed by atoms with Gasteiger partial charge in [0.1, 0.15) is 16.3 Å². The molecule has 0 saturated heterocycles. The zero-order valence-electron chi connectivity index (χ0n) is 44.7. The van der Waals surface area contributed by atoms with Gasteiger partial charge in [-0.2, -0.15) is 26.3 Å². The number of anilines is 2. The summed E-state index contributed by atoms with van der Waals surface area (Å²) in [7, 11) is -8.95. The molecule has 3 heterocycles. The van der Waals surface area contributed by atoms with E-state index in [2.05, 4.69) is 57.9 Å². The Morgan fingerprint density at radius 3 is 2.14 bits per heavy atom. The smallest absolute Gasteiger partial charge is 0.353 e. The maximum Gasteiger partial charge on any atom is 0.353 e. The number of sulfonamides is 1. The number of hydrogen-bond donors (Lipinski definition) is 9. The number of nitrogens with zero attached hydrogens (tertiary/aromatic N) is 5. The fourth-order valence-corrected chi connectivity index (χ4v) is 10.2. The summed E-state index contributed by atoms with van der Waals surface area (Å²) >= 11 is 0. The third kappa shape index (κ3) is 19.3. The van der Waals surface area contributed by atoms with Crippen molar-refractivity contribution in [2.24, 2.45) is 9.50 Å². The number of carboxylic acid groups (broad SMARTS) is 1. The van der Waals surface area contributed by atoms with Crippen LogP contribution in [0.15, 0.2) is 116 Å². The molecule has 434 valence electrons. The molecule has 4 amide bonds. The fourth-order valence-electron chi connectivity index (χ4n) is 8.06. The number of hydrazone groups is 1. The average molecular weight is 1160 g/mol. The maximum absolute atomic E-state index is 13.8. The van der Waals surface area contributed by atoms with Crippen LogP contribution in [0.25, 0.3) is 10.9 Å². The van der Waals surface area contributed by atoms with E-state index in [1.165, 1.54) is 48.9 Å². The molecule has 0 atom stereocenters. The third-order valence-electron chi connectivity index (χ3n) is 11.7. The number of halogens is 1. The minimum Gasteiger partial charge on any atom is -0.477 e. The van der Waals surface area contributed by atoms with E-state index >= 15 is 0 Å². The standard InChI is InChI=1S/C52H60N12O13S2.CH4.FH/c1-33-25-34(2)48(35(3)26-33)78(72,73)63-41(51(70)71)31-59-50(69)40-32-64(42-27-36(11-13-39(42)47(40)67)28-60-52-56-20-21-57-52)22-6-17-53-45(65)15-16-46(66)54-18-7-23-77-24-8-19-55-49(68)38-12-14-44(58-29-38)62-61-30-37-9-4-5-10-43(37)79(74,75)76;;/h4-5,9-14,20-21,25-27,29-30,32H,6-8,15-19,22-24,28,31H2,1-3H3,(H,53,65)(H,54,66)(H,55,68)(H,58,62)(H,59,69)(H,70,71)(H2,56,57,60)(H,74,75,76);1H4;1H/b61-30+,63-41?;;/i/hT. The van der Waals surface area contributed by atoms with Gasteiger partial charge >= 0.3 is 5.97 Å². The largest absolute Gasteiger partial charge is 0.477 e. The number of hydrogen-bond acceptors (Lipinski definition) is 16. The van der Waals surface area contributed by atoms with E-state index in [1.807, 2.05) is 0 Å². The van der Waals surface area contributed by atoms with Crippen LogP contribution in [-0.2, 0) is 52.4 Å². The fraction of sp³-hybridized carbons (Fsp3) is 0.321. The van der Waals surface area contributed by atoms with Crippen molar-refractivity contribution >= 4 is 84.3 Å². The molecule has 6 rings (SSSR count). The number of ether oxygens (including phenoxy) is 1. The molecule has 0 aliphatic rings. The van der Waals surface area contributed by atoms with Crippen molar-refractivity contribution in [2.75, 3.05) is 50.1 Å². The molecular weight excluding hydrogens is 1100 g/mol. The molecule has 0 aliphatic carbocycles. The van der Waals surface area contributed by atoms with Gasteiger partial charge in [0.25, 0.3) is 33.4 Å². The summed E-state index contributed by atoms with van der Waals surface area (Å²) in [6.07, 6.45) is 8.33. The van der Waals surface area contributed by atoms with Crippen LogP contribution >= 0.6 is 0 Å². The highest BCUT2D eigenvalue weighted by atomic mass is 32.2. The van der Waals surface area contributed by atoms with Crippen molar-refractivity contribution in [3.8, 4) is 0 Å². The van der Waals surface area contributed by atoms with Crippen LogP contribution in [-0.4, -0.2) is 128 Å². The molecule has 0 aliphatic heterocycles. The molecular formula is C53H65FN12O13S2. The summed E-state index contributed by atoms with van der Waals surface area (Å²) in [5, 5.41) is 27.8. The van der Waals surface area contributed by atoms with Crippen LogP contribution in [0.2, 0.25) is 0 Å². The third-order valence-corrected chi connectivity index (χ3v) is 14.3. The number of carbonyl (C=O) groups is 5. The molecule has 9 N–H and O–H groups in total. The van der Waals surface area contributed by atoms with Crippen molar-refractivity contribution in [3.63, 3.8) is 0 Å². The molecule has 0 spiro atoms. The van der Waals surface area contributed by atoms with Gasteiger partial charge in [0.2, 0.25) is 17.2 Å². The number of nitrogens with one attached hydrogen (secondary N) is 7. The molecule has 0 saturated carbocycles. The van der Waals surface area contributed by atoms with E-state index in [9.17, 15) is 55.3 Å². The zero-order valence-corrected chi connectivity index (χ0v) is 45.4. The Morgan fingerprint density at radius 2 is 1.51 bits per heavy atom. The molecule has 3 aromatic carbocycles. The number of amides is 4. The molecule has 0 bridgehead atoms.